The number of hydrogen-bond donors (Lipinski definition) is 2. The van der Waals surface area contributed by atoms with Gasteiger partial charge in [0.15, 0.2) is 0 Å². The number of carbonyl (C=O) groups is 1. The number of hydrogen-bond acceptors (Lipinski definition) is 4. The van der Waals surface area contributed by atoms with Crippen LogP contribution in [0.15, 0.2) is 0 Å². The summed E-state index contributed by atoms with van der Waals surface area (Å²) >= 11 is 0. The Bertz CT molecular complexity index is 322. The Hall–Kier alpha value is -0.650. The lowest BCUT2D eigenvalue weighted by atomic mass is 9.78. The van der Waals surface area contributed by atoms with Crippen molar-refractivity contribution < 1.29 is 14.3 Å². The molecule has 2 fully saturated rings. The van der Waals surface area contributed by atoms with E-state index in [0.717, 1.165) is 26.0 Å². The summed E-state index contributed by atoms with van der Waals surface area (Å²) in [6, 6.07) is -0.207. The molecule has 2 aliphatic heterocycles. The molecule has 2 rings (SSSR count). The summed E-state index contributed by atoms with van der Waals surface area (Å²) in [6.45, 7) is 10.0. The molecule has 0 aliphatic carbocycles. The van der Waals surface area contributed by atoms with Gasteiger partial charge in [0.25, 0.3) is 0 Å². The molecular weight excluding hydrogens is 256 g/mol. The SMILES string of the molecule is CC(C)(C)C1OCCCC1CNC(=O)C1COCCN1. The monoisotopic (exact) mass is 284 g/mol. The topological polar surface area (TPSA) is 59.6 Å². The minimum Gasteiger partial charge on any atom is -0.378 e. The molecule has 0 aromatic heterocycles. The number of amides is 1. The fourth-order valence-corrected chi connectivity index (χ4v) is 3.10. The third kappa shape index (κ3) is 4.17. The molecule has 0 saturated carbocycles. The maximum absolute atomic E-state index is 12.1. The van der Waals surface area contributed by atoms with Gasteiger partial charge in [0.2, 0.25) is 5.91 Å². The molecule has 0 radical (unpaired) electrons. The number of nitrogens with one attached hydrogen (secondary N) is 2. The molecule has 2 saturated heterocycles. The van der Waals surface area contributed by atoms with Crippen LogP contribution in [0.1, 0.15) is 33.6 Å². The van der Waals surface area contributed by atoms with Crippen molar-refractivity contribution in [3.63, 3.8) is 0 Å². The second-order valence-electron chi connectivity index (χ2n) is 6.89. The normalized spacial score (nSPS) is 31.9. The maximum atomic E-state index is 12.1. The predicted molar refractivity (Wildman–Crippen MR) is 77.5 cm³/mol. The highest BCUT2D eigenvalue weighted by atomic mass is 16.5. The van der Waals surface area contributed by atoms with Crippen LogP contribution >= 0.6 is 0 Å². The Balaban J connectivity index is 1.83. The smallest absolute Gasteiger partial charge is 0.239 e. The van der Waals surface area contributed by atoms with Gasteiger partial charge >= 0.3 is 0 Å². The highest BCUT2D eigenvalue weighted by Gasteiger charge is 2.35. The highest BCUT2D eigenvalue weighted by Crippen LogP contribution is 2.33. The predicted octanol–water partition coefficient (Wildman–Crippen LogP) is 0.932. The molecule has 5 heteroatoms. The van der Waals surface area contributed by atoms with E-state index >= 15 is 0 Å². The molecule has 0 bridgehead atoms. The van der Waals surface area contributed by atoms with E-state index in [1.807, 2.05) is 0 Å². The van der Waals surface area contributed by atoms with Crippen LogP contribution in [0.5, 0.6) is 0 Å². The van der Waals surface area contributed by atoms with Gasteiger partial charge in [0.1, 0.15) is 6.04 Å². The molecule has 0 spiro atoms. The first-order valence-corrected chi connectivity index (χ1v) is 7.69. The number of rotatable bonds is 3. The average molecular weight is 284 g/mol. The van der Waals surface area contributed by atoms with E-state index in [4.69, 9.17) is 9.47 Å². The fraction of sp³-hybridized carbons (Fsp3) is 0.933. The van der Waals surface area contributed by atoms with E-state index in [-0.39, 0.29) is 23.5 Å². The van der Waals surface area contributed by atoms with E-state index in [1.54, 1.807) is 0 Å². The molecule has 116 valence electrons. The van der Waals surface area contributed by atoms with Crippen LogP contribution in [0.4, 0.5) is 0 Å². The summed E-state index contributed by atoms with van der Waals surface area (Å²) in [6.07, 6.45) is 2.42. The Kier molecular flexibility index (Phi) is 5.41. The van der Waals surface area contributed by atoms with Gasteiger partial charge < -0.3 is 20.1 Å². The maximum Gasteiger partial charge on any atom is 0.239 e. The van der Waals surface area contributed by atoms with E-state index in [1.165, 1.54) is 0 Å². The van der Waals surface area contributed by atoms with Crippen molar-refractivity contribution in [2.24, 2.45) is 11.3 Å². The summed E-state index contributed by atoms with van der Waals surface area (Å²) < 4.78 is 11.3. The third-order valence-electron chi connectivity index (χ3n) is 4.07. The van der Waals surface area contributed by atoms with Crippen LogP contribution in [-0.2, 0) is 14.3 Å². The summed E-state index contributed by atoms with van der Waals surface area (Å²) in [7, 11) is 0. The van der Waals surface area contributed by atoms with Crippen LogP contribution < -0.4 is 10.6 Å². The van der Waals surface area contributed by atoms with Crippen molar-refractivity contribution in [3.05, 3.63) is 0 Å². The molecule has 1 amide bonds. The van der Waals surface area contributed by atoms with E-state index < -0.39 is 0 Å². The summed E-state index contributed by atoms with van der Waals surface area (Å²) in [5.74, 6) is 0.445. The van der Waals surface area contributed by atoms with E-state index in [9.17, 15) is 4.79 Å². The number of morpholine rings is 1. The molecule has 3 unspecified atom stereocenters. The van der Waals surface area contributed by atoms with Crippen LogP contribution in [0.2, 0.25) is 0 Å². The molecule has 2 N–H and O–H groups in total. The van der Waals surface area contributed by atoms with Gasteiger partial charge in [-0.3, -0.25) is 4.79 Å². The first-order chi connectivity index (χ1) is 9.48. The minimum absolute atomic E-state index is 0.0444. The van der Waals surface area contributed by atoms with Crippen LogP contribution in [-0.4, -0.2) is 51.0 Å². The van der Waals surface area contributed by atoms with Gasteiger partial charge in [-0.15, -0.1) is 0 Å². The van der Waals surface area contributed by atoms with Crippen LogP contribution in [0.3, 0.4) is 0 Å². The lowest BCUT2D eigenvalue weighted by Crippen LogP contribution is -2.53. The Morgan fingerprint density at radius 3 is 2.80 bits per heavy atom. The third-order valence-corrected chi connectivity index (χ3v) is 4.07. The van der Waals surface area contributed by atoms with Gasteiger partial charge in [0.05, 0.1) is 19.3 Å². The quantitative estimate of drug-likeness (QED) is 0.809. The minimum atomic E-state index is -0.207. The van der Waals surface area contributed by atoms with E-state index in [0.29, 0.717) is 25.7 Å². The van der Waals surface area contributed by atoms with Crippen molar-refractivity contribution >= 4 is 5.91 Å². The molecule has 5 nitrogen and oxygen atoms in total. The van der Waals surface area contributed by atoms with Gasteiger partial charge in [-0.2, -0.15) is 0 Å². The number of ether oxygens (including phenoxy) is 2. The second kappa shape index (κ2) is 6.87. The highest BCUT2D eigenvalue weighted by molar-refractivity contribution is 5.81. The molecular formula is C15H28N2O3. The fourth-order valence-electron chi connectivity index (χ4n) is 3.10. The second-order valence-corrected chi connectivity index (χ2v) is 6.89. The van der Waals surface area contributed by atoms with E-state index in [2.05, 4.69) is 31.4 Å². The summed E-state index contributed by atoms with van der Waals surface area (Å²) in [5, 5.41) is 6.24. The zero-order valence-corrected chi connectivity index (χ0v) is 12.9. The Labute approximate surface area is 121 Å². The first kappa shape index (κ1) is 15.7. The number of carbonyl (C=O) groups excluding carboxylic acids is 1. The van der Waals surface area contributed by atoms with Gasteiger partial charge in [-0.05, 0) is 18.3 Å². The zero-order chi connectivity index (χ0) is 14.6. The zero-order valence-electron chi connectivity index (χ0n) is 12.9. The lowest BCUT2D eigenvalue weighted by Gasteiger charge is -2.40. The molecule has 2 aliphatic rings. The van der Waals surface area contributed by atoms with Gasteiger partial charge in [-0.1, -0.05) is 20.8 Å². The summed E-state index contributed by atoms with van der Waals surface area (Å²) in [4.78, 5) is 12.1. The lowest BCUT2D eigenvalue weighted by molar-refractivity contribution is -0.127. The molecule has 3 atom stereocenters. The van der Waals surface area contributed by atoms with Crippen molar-refractivity contribution in [2.45, 2.75) is 45.8 Å². The standard InChI is InChI=1S/C15H28N2O3/c1-15(2,3)13-11(5-4-7-20-13)9-17-14(18)12-10-19-8-6-16-12/h11-13,16H,4-10H2,1-3H3,(H,17,18). The van der Waals surface area contributed by atoms with Crippen LogP contribution in [0, 0.1) is 11.3 Å². The van der Waals surface area contributed by atoms with Gasteiger partial charge in [0, 0.05) is 25.6 Å². The van der Waals surface area contributed by atoms with Crippen molar-refractivity contribution in [2.75, 3.05) is 32.9 Å². The summed E-state index contributed by atoms with van der Waals surface area (Å²) in [5.41, 5.74) is 0.113. The molecule has 20 heavy (non-hydrogen) atoms. The Morgan fingerprint density at radius 1 is 1.35 bits per heavy atom. The average Bonchev–Trinajstić information content (AvgIpc) is 2.45. The molecule has 0 aromatic carbocycles. The van der Waals surface area contributed by atoms with Crippen molar-refractivity contribution in [1.82, 2.24) is 10.6 Å². The van der Waals surface area contributed by atoms with Crippen LogP contribution in [0.25, 0.3) is 0 Å². The first-order valence-electron chi connectivity index (χ1n) is 7.69. The molecule has 2 heterocycles. The largest absolute Gasteiger partial charge is 0.378 e. The van der Waals surface area contributed by atoms with Crippen molar-refractivity contribution in [1.29, 1.82) is 0 Å². The van der Waals surface area contributed by atoms with Crippen molar-refractivity contribution in [3.8, 4) is 0 Å². The van der Waals surface area contributed by atoms with Gasteiger partial charge in [-0.25, -0.2) is 0 Å². The Morgan fingerprint density at radius 2 is 2.15 bits per heavy atom. The molecule has 0 aromatic rings.